The van der Waals surface area contributed by atoms with Crippen molar-refractivity contribution in [3.63, 3.8) is 0 Å². The van der Waals surface area contributed by atoms with E-state index in [-0.39, 0.29) is 11.9 Å². The van der Waals surface area contributed by atoms with Crippen LogP contribution in [0.4, 0.5) is 5.82 Å². The number of piperidine rings is 1. The summed E-state index contributed by atoms with van der Waals surface area (Å²) in [6.07, 6.45) is 8.31. The minimum absolute atomic E-state index is 0.0688. The number of imidazole rings is 1. The summed E-state index contributed by atoms with van der Waals surface area (Å²) in [5.41, 5.74) is 2.25. The Hall–Kier alpha value is -3.03. The number of nitrogens with zero attached hydrogens (tertiary/aromatic N) is 6. The van der Waals surface area contributed by atoms with Crippen molar-refractivity contribution >= 4 is 22.9 Å². The first-order valence-corrected chi connectivity index (χ1v) is 8.30. The van der Waals surface area contributed by atoms with Crippen LogP contribution in [0, 0.1) is 0 Å². The molecule has 4 heterocycles. The van der Waals surface area contributed by atoms with E-state index in [2.05, 4.69) is 30.2 Å². The number of aromatic nitrogens is 5. The summed E-state index contributed by atoms with van der Waals surface area (Å²) in [6.45, 7) is 1.64. The van der Waals surface area contributed by atoms with Gasteiger partial charge in [-0.25, -0.2) is 15.0 Å². The van der Waals surface area contributed by atoms with Gasteiger partial charge in [0.15, 0.2) is 17.0 Å². The van der Waals surface area contributed by atoms with Gasteiger partial charge in [0, 0.05) is 38.6 Å². The average Bonchev–Trinajstić information content (AvgIpc) is 3.04. The predicted octanol–water partition coefficient (Wildman–Crippen LogP) is 1.16. The molecule has 1 N–H and O–H groups in total. The Bertz CT molecular complexity index is 884. The van der Waals surface area contributed by atoms with Crippen molar-refractivity contribution in [3.8, 4) is 0 Å². The number of fused-ring (bicyclic) bond motifs is 1. The standard InChI is InChI=1S/C17H19N7O/c1-23-11-21-14-15(23)19-10-20-16(14)24-7-4-13(5-8-24)22-17(25)12-3-2-6-18-9-12/h2-3,6,9-11,13H,4-5,7-8H2,1H3,(H,22,25). The van der Waals surface area contributed by atoms with Gasteiger partial charge in [-0.2, -0.15) is 0 Å². The Balaban J connectivity index is 1.42. The van der Waals surface area contributed by atoms with Crippen molar-refractivity contribution in [2.75, 3.05) is 18.0 Å². The zero-order chi connectivity index (χ0) is 17.2. The van der Waals surface area contributed by atoms with Crippen molar-refractivity contribution in [1.29, 1.82) is 0 Å². The van der Waals surface area contributed by atoms with Crippen molar-refractivity contribution < 1.29 is 4.79 Å². The normalized spacial score (nSPS) is 15.5. The predicted molar refractivity (Wildman–Crippen MR) is 93.2 cm³/mol. The van der Waals surface area contributed by atoms with E-state index in [1.807, 2.05) is 11.6 Å². The minimum atomic E-state index is -0.0688. The second-order valence-electron chi connectivity index (χ2n) is 6.20. The average molecular weight is 337 g/mol. The molecule has 1 aliphatic heterocycles. The third kappa shape index (κ3) is 3.02. The van der Waals surface area contributed by atoms with Crippen LogP contribution in [0.15, 0.2) is 37.2 Å². The molecular formula is C17H19N7O. The number of aryl methyl sites for hydroxylation is 1. The SMILES string of the molecule is Cn1cnc2c(N3CCC(NC(=O)c4cccnc4)CC3)ncnc21. The van der Waals surface area contributed by atoms with E-state index < -0.39 is 0 Å². The third-order valence-electron chi connectivity index (χ3n) is 4.53. The smallest absolute Gasteiger partial charge is 0.253 e. The molecule has 0 aromatic carbocycles. The maximum Gasteiger partial charge on any atom is 0.253 e. The van der Waals surface area contributed by atoms with Crippen LogP contribution in [0.1, 0.15) is 23.2 Å². The lowest BCUT2D eigenvalue weighted by Crippen LogP contribution is -2.45. The van der Waals surface area contributed by atoms with Gasteiger partial charge in [0.25, 0.3) is 5.91 Å². The Morgan fingerprint density at radius 2 is 2.08 bits per heavy atom. The second-order valence-corrected chi connectivity index (χ2v) is 6.20. The summed E-state index contributed by atoms with van der Waals surface area (Å²) in [7, 11) is 1.92. The van der Waals surface area contributed by atoms with E-state index in [4.69, 9.17) is 0 Å². The third-order valence-corrected chi connectivity index (χ3v) is 4.53. The summed E-state index contributed by atoms with van der Waals surface area (Å²) in [6, 6.07) is 3.70. The molecule has 8 nitrogen and oxygen atoms in total. The van der Waals surface area contributed by atoms with Crippen LogP contribution in [0.25, 0.3) is 11.2 Å². The lowest BCUT2D eigenvalue weighted by molar-refractivity contribution is 0.0930. The van der Waals surface area contributed by atoms with Crippen LogP contribution in [0.3, 0.4) is 0 Å². The first kappa shape index (κ1) is 15.5. The molecule has 1 amide bonds. The number of carbonyl (C=O) groups is 1. The summed E-state index contributed by atoms with van der Waals surface area (Å²) < 4.78 is 1.89. The monoisotopic (exact) mass is 337 g/mol. The van der Waals surface area contributed by atoms with Crippen LogP contribution >= 0.6 is 0 Å². The highest BCUT2D eigenvalue weighted by molar-refractivity contribution is 5.94. The molecule has 0 unspecified atom stereocenters. The van der Waals surface area contributed by atoms with Gasteiger partial charge in [0.2, 0.25) is 0 Å². The molecule has 0 atom stereocenters. The van der Waals surface area contributed by atoms with E-state index in [1.165, 1.54) is 0 Å². The molecule has 3 aromatic rings. The number of rotatable bonds is 3. The van der Waals surface area contributed by atoms with Crippen LogP contribution < -0.4 is 10.2 Å². The number of hydrogen-bond acceptors (Lipinski definition) is 6. The number of carbonyl (C=O) groups excluding carboxylic acids is 1. The van der Waals surface area contributed by atoms with Crippen molar-refractivity contribution in [2.24, 2.45) is 7.05 Å². The number of hydrogen-bond donors (Lipinski definition) is 1. The maximum atomic E-state index is 12.2. The molecule has 0 aliphatic carbocycles. The summed E-state index contributed by atoms with van der Waals surface area (Å²) in [5, 5.41) is 3.09. The van der Waals surface area contributed by atoms with E-state index in [9.17, 15) is 4.79 Å². The van der Waals surface area contributed by atoms with Crippen molar-refractivity contribution in [3.05, 3.63) is 42.7 Å². The van der Waals surface area contributed by atoms with E-state index in [0.717, 1.165) is 42.9 Å². The largest absolute Gasteiger partial charge is 0.355 e. The molecule has 1 aliphatic rings. The number of nitrogens with one attached hydrogen (secondary N) is 1. The number of amides is 1. The molecule has 1 fully saturated rings. The van der Waals surface area contributed by atoms with Gasteiger partial charge in [-0.3, -0.25) is 9.78 Å². The van der Waals surface area contributed by atoms with Gasteiger partial charge in [-0.1, -0.05) is 0 Å². The van der Waals surface area contributed by atoms with Crippen LogP contribution in [0.5, 0.6) is 0 Å². The fourth-order valence-electron chi connectivity index (χ4n) is 3.17. The zero-order valence-corrected chi connectivity index (χ0v) is 14.0. The highest BCUT2D eigenvalue weighted by atomic mass is 16.1. The summed E-state index contributed by atoms with van der Waals surface area (Å²) in [4.78, 5) is 31.6. The molecule has 0 spiro atoms. The molecule has 128 valence electrons. The van der Waals surface area contributed by atoms with Crippen LogP contribution in [-0.2, 0) is 7.05 Å². The topological polar surface area (TPSA) is 88.8 Å². The lowest BCUT2D eigenvalue weighted by Gasteiger charge is -2.33. The summed E-state index contributed by atoms with van der Waals surface area (Å²) >= 11 is 0. The van der Waals surface area contributed by atoms with E-state index in [1.54, 1.807) is 37.2 Å². The van der Waals surface area contributed by atoms with Crippen molar-refractivity contribution in [2.45, 2.75) is 18.9 Å². The maximum absolute atomic E-state index is 12.2. The first-order valence-electron chi connectivity index (χ1n) is 8.30. The Kier molecular flexibility index (Phi) is 4.01. The van der Waals surface area contributed by atoms with Crippen LogP contribution in [-0.4, -0.2) is 49.5 Å². The summed E-state index contributed by atoms with van der Waals surface area (Å²) in [5.74, 6) is 0.795. The Labute approximate surface area is 144 Å². The molecule has 3 aromatic heterocycles. The molecule has 0 saturated carbocycles. The van der Waals surface area contributed by atoms with Gasteiger partial charge in [0.1, 0.15) is 6.33 Å². The Morgan fingerprint density at radius 1 is 1.24 bits per heavy atom. The molecule has 1 saturated heterocycles. The molecule has 8 heteroatoms. The van der Waals surface area contributed by atoms with E-state index in [0.29, 0.717) is 5.56 Å². The van der Waals surface area contributed by atoms with Gasteiger partial charge < -0.3 is 14.8 Å². The van der Waals surface area contributed by atoms with Gasteiger partial charge >= 0.3 is 0 Å². The Morgan fingerprint density at radius 3 is 2.84 bits per heavy atom. The number of pyridine rings is 1. The highest BCUT2D eigenvalue weighted by Gasteiger charge is 2.24. The fraction of sp³-hybridized carbons (Fsp3) is 0.353. The molecule has 25 heavy (non-hydrogen) atoms. The van der Waals surface area contributed by atoms with Crippen LogP contribution in [0.2, 0.25) is 0 Å². The first-order chi connectivity index (χ1) is 12.2. The minimum Gasteiger partial charge on any atom is -0.355 e. The number of anilines is 1. The quantitative estimate of drug-likeness (QED) is 0.771. The van der Waals surface area contributed by atoms with Crippen molar-refractivity contribution in [1.82, 2.24) is 29.8 Å². The van der Waals surface area contributed by atoms with Gasteiger partial charge in [0.05, 0.1) is 11.9 Å². The molecule has 0 radical (unpaired) electrons. The van der Waals surface area contributed by atoms with E-state index >= 15 is 0 Å². The molecule has 0 bridgehead atoms. The fourth-order valence-corrected chi connectivity index (χ4v) is 3.17. The molecule has 4 rings (SSSR count). The zero-order valence-electron chi connectivity index (χ0n) is 14.0. The van der Waals surface area contributed by atoms with Gasteiger partial charge in [-0.15, -0.1) is 0 Å². The molecular weight excluding hydrogens is 318 g/mol. The highest BCUT2D eigenvalue weighted by Crippen LogP contribution is 2.24. The second kappa shape index (κ2) is 6.46. The van der Waals surface area contributed by atoms with Gasteiger partial charge in [-0.05, 0) is 25.0 Å². The lowest BCUT2D eigenvalue weighted by atomic mass is 10.0.